The average Bonchev–Trinajstić information content (AvgIpc) is 3.36. The van der Waals surface area contributed by atoms with Gasteiger partial charge < -0.3 is 5.32 Å². The Morgan fingerprint density at radius 1 is 1.42 bits per heavy atom. The second-order valence-corrected chi connectivity index (χ2v) is 7.70. The van der Waals surface area contributed by atoms with Crippen LogP contribution in [0.1, 0.15) is 22.5 Å². The Labute approximate surface area is 148 Å². The summed E-state index contributed by atoms with van der Waals surface area (Å²) >= 11 is 3.35. The van der Waals surface area contributed by atoms with Crippen molar-refractivity contribution in [2.45, 2.75) is 19.0 Å². The van der Waals surface area contributed by atoms with Crippen LogP contribution in [0.4, 0.5) is 0 Å². The van der Waals surface area contributed by atoms with Crippen molar-refractivity contribution in [3.63, 3.8) is 0 Å². The van der Waals surface area contributed by atoms with Crippen molar-refractivity contribution in [1.82, 2.24) is 20.4 Å². The summed E-state index contributed by atoms with van der Waals surface area (Å²) in [4.78, 5) is 15.9. The van der Waals surface area contributed by atoms with Gasteiger partial charge in [0, 0.05) is 25.7 Å². The van der Waals surface area contributed by atoms with Gasteiger partial charge in [-0.15, -0.1) is 11.3 Å². The monoisotopic (exact) mass is 358 g/mol. The predicted octanol–water partition coefficient (Wildman–Crippen LogP) is 3.20. The van der Waals surface area contributed by atoms with Gasteiger partial charge in [0.05, 0.1) is 10.6 Å². The Morgan fingerprint density at radius 3 is 3.17 bits per heavy atom. The fourth-order valence-electron chi connectivity index (χ4n) is 2.99. The fourth-order valence-corrected chi connectivity index (χ4v) is 4.34. The van der Waals surface area contributed by atoms with Crippen molar-refractivity contribution >= 4 is 28.6 Å². The summed E-state index contributed by atoms with van der Waals surface area (Å²) in [5.41, 5.74) is 2.69. The highest BCUT2D eigenvalue weighted by Gasteiger charge is 2.25. The van der Waals surface area contributed by atoms with E-state index in [4.69, 9.17) is 0 Å². The van der Waals surface area contributed by atoms with Crippen molar-refractivity contribution in [3.05, 3.63) is 51.7 Å². The largest absolute Gasteiger partial charge is 0.347 e. The van der Waals surface area contributed by atoms with Crippen LogP contribution in [0.3, 0.4) is 0 Å². The van der Waals surface area contributed by atoms with E-state index >= 15 is 0 Å². The molecule has 1 unspecified atom stereocenters. The highest BCUT2D eigenvalue weighted by atomic mass is 32.1. The van der Waals surface area contributed by atoms with E-state index in [2.05, 4.69) is 37.2 Å². The molecule has 1 aliphatic rings. The number of carbonyl (C=O) groups excluding carboxylic acids is 1. The molecule has 0 aliphatic carbocycles. The van der Waals surface area contributed by atoms with E-state index in [0.29, 0.717) is 5.69 Å². The number of likely N-dealkylation sites (tertiary alicyclic amines) is 1. The lowest BCUT2D eigenvalue weighted by atomic mass is 10.2. The maximum atomic E-state index is 12.4. The smallest absolute Gasteiger partial charge is 0.272 e. The van der Waals surface area contributed by atoms with Crippen LogP contribution in [0.5, 0.6) is 0 Å². The zero-order valence-electron chi connectivity index (χ0n) is 13.1. The van der Waals surface area contributed by atoms with Crippen LogP contribution >= 0.6 is 22.7 Å². The molecule has 1 amide bonds. The molecule has 1 aliphatic heterocycles. The van der Waals surface area contributed by atoms with Crippen molar-refractivity contribution < 1.29 is 4.79 Å². The van der Waals surface area contributed by atoms with Crippen LogP contribution < -0.4 is 5.32 Å². The Kier molecular flexibility index (Phi) is 4.46. The first-order valence-electron chi connectivity index (χ1n) is 7.91. The van der Waals surface area contributed by atoms with Gasteiger partial charge in [0.25, 0.3) is 5.91 Å². The predicted molar refractivity (Wildman–Crippen MR) is 97.4 cm³/mol. The summed E-state index contributed by atoms with van der Waals surface area (Å²) in [6, 6.07) is 8.17. The molecule has 3 aromatic rings. The zero-order valence-corrected chi connectivity index (χ0v) is 14.7. The summed E-state index contributed by atoms with van der Waals surface area (Å²) in [5.74, 6) is -0.101. The van der Waals surface area contributed by atoms with Crippen molar-refractivity contribution in [3.8, 4) is 10.6 Å². The third kappa shape index (κ3) is 3.43. The van der Waals surface area contributed by atoms with Gasteiger partial charge in [-0.05, 0) is 46.3 Å². The molecule has 4 rings (SSSR count). The van der Waals surface area contributed by atoms with E-state index in [0.717, 1.165) is 36.6 Å². The Bertz CT molecular complexity index is 795. The number of nitrogens with one attached hydrogen (secondary N) is 2. The van der Waals surface area contributed by atoms with Crippen molar-refractivity contribution in [2.75, 3.05) is 13.1 Å². The minimum Gasteiger partial charge on any atom is -0.347 e. The second kappa shape index (κ2) is 6.88. The molecular weight excluding hydrogens is 340 g/mol. The first-order chi connectivity index (χ1) is 11.8. The summed E-state index contributed by atoms with van der Waals surface area (Å²) in [6.07, 6.45) is 0.984. The minimum atomic E-state index is -0.101. The summed E-state index contributed by atoms with van der Waals surface area (Å²) in [5, 5.41) is 16.5. The molecule has 3 aromatic heterocycles. The molecule has 24 heavy (non-hydrogen) atoms. The molecule has 0 saturated carbocycles. The van der Waals surface area contributed by atoms with E-state index in [-0.39, 0.29) is 11.9 Å². The number of aromatic nitrogens is 2. The molecule has 0 bridgehead atoms. The number of amides is 1. The van der Waals surface area contributed by atoms with Gasteiger partial charge in [-0.25, -0.2) is 0 Å². The van der Waals surface area contributed by atoms with E-state index in [1.807, 2.05) is 23.6 Å². The number of hydrogen-bond donors (Lipinski definition) is 2. The number of rotatable bonds is 5. The second-order valence-electron chi connectivity index (χ2n) is 5.97. The normalized spacial score (nSPS) is 18.1. The minimum absolute atomic E-state index is 0.101. The van der Waals surface area contributed by atoms with Gasteiger partial charge in [-0.1, -0.05) is 6.07 Å². The third-order valence-electron chi connectivity index (χ3n) is 4.19. The number of thiophene rings is 2. The lowest BCUT2D eigenvalue weighted by molar-refractivity contribution is 0.0932. The van der Waals surface area contributed by atoms with Crippen molar-refractivity contribution in [1.29, 1.82) is 0 Å². The Hall–Kier alpha value is -1.96. The van der Waals surface area contributed by atoms with E-state index < -0.39 is 0 Å². The first kappa shape index (κ1) is 15.6. The highest BCUT2D eigenvalue weighted by molar-refractivity contribution is 7.13. The molecule has 0 aromatic carbocycles. The number of nitrogens with zero attached hydrogens (tertiary/aromatic N) is 2. The summed E-state index contributed by atoms with van der Waals surface area (Å²) in [7, 11) is 0. The molecule has 1 atom stereocenters. The van der Waals surface area contributed by atoms with E-state index in [1.54, 1.807) is 22.7 Å². The van der Waals surface area contributed by atoms with E-state index in [1.165, 1.54) is 5.56 Å². The fraction of sp³-hybridized carbons (Fsp3) is 0.294. The number of H-pyrrole nitrogens is 1. The molecular formula is C17H18N4OS2. The first-order valence-corrected chi connectivity index (χ1v) is 9.74. The zero-order chi connectivity index (χ0) is 16.4. The molecule has 0 spiro atoms. The van der Waals surface area contributed by atoms with Gasteiger partial charge in [0.2, 0.25) is 0 Å². The summed E-state index contributed by atoms with van der Waals surface area (Å²) < 4.78 is 0. The lowest BCUT2D eigenvalue weighted by Gasteiger charge is -2.15. The van der Waals surface area contributed by atoms with Gasteiger partial charge in [0.1, 0.15) is 0 Å². The maximum absolute atomic E-state index is 12.4. The van der Waals surface area contributed by atoms with Gasteiger partial charge in [-0.2, -0.15) is 16.4 Å². The molecule has 1 fully saturated rings. The molecule has 1 saturated heterocycles. The van der Waals surface area contributed by atoms with Crippen LogP contribution in [0.2, 0.25) is 0 Å². The highest BCUT2D eigenvalue weighted by Crippen LogP contribution is 2.23. The quantitative estimate of drug-likeness (QED) is 0.736. The van der Waals surface area contributed by atoms with Crippen LogP contribution in [-0.4, -0.2) is 40.1 Å². The maximum Gasteiger partial charge on any atom is 0.272 e. The van der Waals surface area contributed by atoms with Crippen LogP contribution in [0.15, 0.2) is 40.4 Å². The molecule has 124 valence electrons. The Balaban J connectivity index is 1.33. The number of carbonyl (C=O) groups is 1. The topological polar surface area (TPSA) is 61.0 Å². The molecule has 0 radical (unpaired) electrons. The van der Waals surface area contributed by atoms with E-state index in [9.17, 15) is 4.79 Å². The summed E-state index contributed by atoms with van der Waals surface area (Å²) in [6.45, 7) is 2.87. The number of hydrogen-bond acceptors (Lipinski definition) is 5. The molecule has 2 N–H and O–H groups in total. The van der Waals surface area contributed by atoms with Gasteiger partial charge in [-0.3, -0.25) is 14.8 Å². The standard InChI is InChI=1S/C17H18N4OS2/c22-17(15-8-14(19-20-15)16-2-1-6-24-16)18-13-3-5-21(10-13)9-12-4-7-23-11-12/h1-2,4,6-8,11,13H,3,5,9-10H2,(H,18,22)(H,19,20). The third-order valence-corrected chi connectivity index (χ3v) is 5.83. The van der Waals surface area contributed by atoms with Gasteiger partial charge in [0.15, 0.2) is 5.69 Å². The van der Waals surface area contributed by atoms with Crippen LogP contribution in [0.25, 0.3) is 10.6 Å². The molecule has 4 heterocycles. The van der Waals surface area contributed by atoms with Crippen molar-refractivity contribution in [2.24, 2.45) is 0 Å². The molecule has 5 nitrogen and oxygen atoms in total. The lowest BCUT2D eigenvalue weighted by Crippen LogP contribution is -2.37. The SMILES string of the molecule is O=C(NC1CCN(Cc2ccsc2)C1)c1cc(-c2cccs2)[nH]n1. The average molecular weight is 358 g/mol. The number of aromatic amines is 1. The Morgan fingerprint density at radius 2 is 2.38 bits per heavy atom. The van der Waals surface area contributed by atoms with Gasteiger partial charge >= 0.3 is 0 Å². The molecule has 7 heteroatoms. The van der Waals surface area contributed by atoms with Crippen LogP contribution in [-0.2, 0) is 6.54 Å². The van der Waals surface area contributed by atoms with Crippen LogP contribution in [0, 0.1) is 0 Å².